The number of amides is 1. The van der Waals surface area contributed by atoms with Crippen molar-refractivity contribution in [1.82, 2.24) is 14.8 Å². The zero-order valence-corrected chi connectivity index (χ0v) is 15.1. The lowest BCUT2D eigenvalue weighted by molar-refractivity contribution is 0.0546. The maximum atomic E-state index is 12.7. The molecule has 0 N–H and O–H groups in total. The average Bonchev–Trinajstić information content (AvgIpc) is 2.63. The highest BCUT2D eigenvalue weighted by Gasteiger charge is 2.28. The minimum atomic E-state index is 0.0697. The van der Waals surface area contributed by atoms with Crippen LogP contribution in [0, 0.1) is 0 Å². The van der Waals surface area contributed by atoms with E-state index in [9.17, 15) is 4.79 Å². The Balaban J connectivity index is 1.73. The molecule has 0 saturated carbocycles. The Hall–Kier alpha value is -2.40. The summed E-state index contributed by atoms with van der Waals surface area (Å²) in [4.78, 5) is 20.9. The van der Waals surface area contributed by atoms with Gasteiger partial charge < -0.3 is 9.64 Å². The minimum absolute atomic E-state index is 0.0697. The summed E-state index contributed by atoms with van der Waals surface area (Å²) in [5, 5.41) is 0. The number of likely N-dealkylation sites (N-methyl/N-ethyl adjacent to an activating group) is 1. The monoisotopic (exact) mass is 339 g/mol. The third-order valence-corrected chi connectivity index (χ3v) is 4.50. The van der Waals surface area contributed by atoms with E-state index in [-0.39, 0.29) is 18.1 Å². The Morgan fingerprint density at radius 2 is 1.80 bits per heavy atom. The smallest absolute Gasteiger partial charge is 0.254 e. The van der Waals surface area contributed by atoms with Crippen LogP contribution < -0.4 is 4.74 Å². The third-order valence-electron chi connectivity index (χ3n) is 4.50. The van der Waals surface area contributed by atoms with Crippen LogP contribution in [0.2, 0.25) is 0 Å². The second kappa shape index (κ2) is 7.66. The summed E-state index contributed by atoms with van der Waals surface area (Å²) < 4.78 is 5.72. The van der Waals surface area contributed by atoms with Crippen molar-refractivity contribution in [3.63, 3.8) is 0 Å². The molecule has 1 amide bonds. The SMILES string of the molecule is CC(C)Oc1ccc([C@@H]2CN(C(=O)c3ccncc3)CCN2C)cc1. The van der Waals surface area contributed by atoms with Crippen LogP contribution in [0.3, 0.4) is 0 Å². The predicted octanol–water partition coefficient (Wildman–Crippen LogP) is 3.00. The second-order valence-electron chi connectivity index (χ2n) is 6.72. The van der Waals surface area contributed by atoms with Crippen LogP contribution in [0.1, 0.15) is 35.8 Å². The quantitative estimate of drug-likeness (QED) is 0.859. The summed E-state index contributed by atoms with van der Waals surface area (Å²) in [7, 11) is 2.11. The highest BCUT2D eigenvalue weighted by atomic mass is 16.5. The minimum Gasteiger partial charge on any atom is -0.491 e. The number of rotatable bonds is 4. The normalized spacial score (nSPS) is 18.4. The van der Waals surface area contributed by atoms with Crippen LogP contribution in [0.15, 0.2) is 48.8 Å². The number of nitrogens with zero attached hydrogens (tertiary/aromatic N) is 3. The molecule has 1 fully saturated rings. The average molecular weight is 339 g/mol. The Morgan fingerprint density at radius 3 is 2.44 bits per heavy atom. The van der Waals surface area contributed by atoms with E-state index in [1.54, 1.807) is 24.5 Å². The van der Waals surface area contributed by atoms with E-state index in [2.05, 4.69) is 29.1 Å². The molecule has 0 spiro atoms. The molecule has 0 aliphatic carbocycles. The molecule has 0 bridgehead atoms. The number of carbonyl (C=O) groups excluding carboxylic acids is 1. The zero-order chi connectivity index (χ0) is 17.8. The number of piperazine rings is 1. The van der Waals surface area contributed by atoms with Gasteiger partial charge in [0.25, 0.3) is 5.91 Å². The lowest BCUT2D eigenvalue weighted by Gasteiger charge is -2.39. The van der Waals surface area contributed by atoms with Gasteiger partial charge in [-0.15, -0.1) is 0 Å². The molecule has 25 heavy (non-hydrogen) atoms. The van der Waals surface area contributed by atoms with Gasteiger partial charge in [0.1, 0.15) is 5.75 Å². The van der Waals surface area contributed by atoms with Crippen LogP contribution in [0.5, 0.6) is 5.75 Å². The first-order valence-corrected chi connectivity index (χ1v) is 8.71. The standard InChI is InChI=1S/C20H25N3O2/c1-15(2)25-18-6-4-16(5-7-18)19-14-23(13-12-22(19)3)20(24)17-8-10-21-11-9-17/h4-11,15,19H,12-14H2,1-3H3/t19-/m0/s1. The van der Waals surface area contributed by atoms with Crippen molar-refractivity contribution >= 4 is 5.91 Å². The van der Waals surface area contributed by atoms with Gasteiger partial charge in [-0.3, -0.25) is 14.7 Å². The number of aromatic nitrogens is 1. The van der Waals surface area contributed by atoms with Crippen molar-refractivity contribution in [2.75, 3.05) is 26.7 Å². The first kappa shape index (κ1) is 17.4. The number of hydrogen-bond acceptors (Lipinski definition) is 4. The van der Waals surface area contributed by atoms with E-state index in [0.29, 0.717) is 12.1 Å². The van der Waals surface area contributed by atoms with Gasteiger partial charge in [0.15, 0.2) is 0 Å². The molecular weight excluding hydrogens is 314 g/mol. The maximum absolute atomic E-state index is 12.7. The van der Waals surface area contributed by atoms with Crippen LogP contribution in [-0.2, 0) is 0 Å². The molecule has 1 saturated heterocycles. The molecule has 132 valence electrons. The van der Waals surface area contributed by atoms with Gasteiger partial charge in [-0.25, -0.2) is 0 Å². The largest absolute Gasteiger partial charge is 0.491 e. The number of pyridine rings is 1. The van der Waals surface area contributed by atoms with Crippen molar-refractivity contribution in [1.29, 1.82) is 0 Å². The summed E-state index contributed by atoms with van der Waals surface area (Å²) in [6.45, 7) is 6.31. The molecule has 1 aliphatic rings. The summed E-state index contributed by atoms with van der Waals surface area (Å²) in [6.07, 6.45) is 3.49. The lowest BCUT2D eigenvalue weighted by Crippen LogP contribution is -2.49. The first-order valence-electron chi connectivity index (χ1n) is 8.71. The van der Waals surface area contributed by atoms with E-state index >= 15 is 0 Å². The summed E-state index contributed by atoms with van der Waals surface area (Å²) in [5.41, 5.74) is 1.89. The molecule has 1 aromatic carbocycles. The van der Waals surface area contributed by atoms with E-state index in [1.165, 1.54) is 5.56 Å². The van der Waals surface area contributed by atoms with Gasteiger partial charge in [0, 0.05) is 37.6 Å². The molecule has 3 rings (SSSR count). The topological polar surface area (TPSA) is 45.7 Å². The van der Waals surface area contributed by atoms with Crippen LogP contribution in [0.4, 0.5) is 0 Å². The van der Waals surface area contributed by atoms with E-state index < -0.39 is 0 Å². The molecule has 5 heteroatoms. The molecule has 0 unspecified atom stereocenters. The van der Waals surface area contributed by atoms with Gasteiger partial charge in [0.05, 0.1) is 12.1 Å². The Labute approximate surface area is 149 Å². The summed E-state index contributed by atoms with van der Waals surface area (Å²) >= 11 is 0. The van der Waals surface area contributed by atoms with Crippen LogP contribution in [0.25, 0.3) is 0 Å². The van der Waals surface area contributed by atoms with Crippen LogP contribution >= 0.6 is 0 Å². The summed E-state index contributed by atoms with van der Waals surface area (Å²) in [5.74, 6) is 0.946. The fourth-order valence-electron chi connectivity index (χ4n) is 3.14. The van der Waals surface area contributed by atoms with Crippen LogP contribution in [-0.4, -0.2) is 53.5 Å². The molecule has 1 aromatic heterocycles. The van der Waals surface area contributed by atoms with Gasteiger partial charge in [-0.1, -0.05) is 12.1 Å². The molecule has 1 aliphatic heterocycles. The predicted molar refractivity (Wildman–Crippen MR) is 97.7 cm³/mol. The molecule has 0 radical (unpaired) electrons. The molecule has 1 atom stereocenters. The van der Waals surface area contributed by atoms with Crippen molar-refractivity contribution in [2.24, 2.45) is 0 Å². The Morgan fingerprint density at radius 1 is 1.12 bits per heavy atom. The maximum Gasteiger partial charge on any atom is 0.254 e. The molecular formula is C20H25N3O2. The third kappa shape index (κ3) is 4.17. The van der Waals surface area contributed by atoms with Crippen molar-refractivity contribution in [3.05, 3.63) is 59.9 Å². The highest BCUT2D eigenvalue weighted by Crippen LogP contribution is 2.26. The van der Waals surface area contributed by atoms with Gasteiger partial charge in [-0.05, 0) is 50.7 Å². The number of benzene rings is 1. The fourth-order valence-corrected chi connectivity index (χ4v) is 3.14. The molecule has 2 aromatic rings. The van der Waals surface area contributed by atoms with E-state index in [0.717, 1.165) is 18.8 Å². The number of carbonyl (C=O) groups is 1. The second-order valence-corrected chi connectivity index (χ2v) is 6.72. The van der Waals surface area contributed by atoms with Crippen molar-refractivity contribution < 1.29 is 9.53 Å². The fraction of sp³-hybridized carbons (Fsp3) is 0.400. The number of ether oxygens (including phenoxy) is 1. The van der Waals surface area contributed by atoms with Crippen molar-refractivity contribution in [2.45, 2.75) is 26.0 Å². The zero-order valence-electron chi connectivity index (χ0n) is 15.1. The van der Waals surface area contributed by atoms with Gasteiger partial charge in [-0.2, -0.15) is 0 Å². The first-order chi connectivity index (χ1) is 12.0. The Kier molecular flexibility index (Phi) is 5.34. The highest BCUT2D eigenvalue weighted by molar-refractivity contribution is 5.94. The van der Waals surface area contributed by atoms with E-state index in [4.69, 9.17) is 4.74 Å². The summed E-state index contributed by atoms with van der Waals surface area (Å²) in [6, 6.07) is 11.9. The molecule has 2 heterocycles. The van der Waals surface area contributed by atoms with Crippen molar-refractivity contribution in [3.8, 4) is 5.75 Å². The lowest BCUT2D eigenvalue weighted by atomic mass is 10.0. The van der Waals surface area contributed by atoms with Gasteiger partial charge in [0.2, 0.25) is 0 Å². The van der Waals surface area contributed by atoms with E-state index in [1.807, 2.05) is 30.9 Å². The molecule has 5 nitrogen and oxygen atoms in total. The number of hydrogen-bond donors (Lipinski definition) is 0. The Bertz CT molecular complexity index is 701. The van der Waals surface area contributed by atoms with Gasteiger partial charge >= 0.3 is 0 Å².